The number of para-hydroxylation sites is 1. The van der Waals surface area contributed by atoms with Gasteiger partial charge in [-0.3, -0.25) is 0 Å². The zero-order chi connectivity index (χ0) is 18.3. The second-order valence-electron chi connectivity index (χ2n) is 6.64. The number of urea groups is 1. The van der Waals surface area contributed by atoms with Crippen LogP contribution in [0.2, 0.25) is 0 Å². The maximum atomic E-state index is 12.8. The van der Waals surface area contributed by atoms with E-state index in [0.717, 1.165) is 25.1 Å². The molecule has 4 rings (SSSR count). The first-order chi connectivity index (χ1) is 12.4. The minimum Gasteiger partial charge on any atom is -0.364 e. The Balaban J connectivity index is 1.36. The van der Waals surface area contributed by atoms with Crippen molar-refractivity contribution < 1.29 is 18.0 Å². The number of hydrogen-bond donors (Lipinski definition) is 1. The lowest BCUT2D eigenvalue weighted by atomic mass is 10.1. The third-order valence-corrected chi connectivity index (χ3v) is 4.95. The Morgan fingerprint density at radius 3 is 2.62 bits per heavy atom. The quantitative estimate of drug-likeness (QED) is 0.878. The van der Waals surface area contributed by atoms with Crippen LogP contribution >= 0.6 is 0 Å². The van der Waals surface area contributed by atoms with Crippen molar-refractivity contribution in [3.63, 3.8) is 0 Å². The number of rotatable bonds is 2. The Bertz CT molecular complexity index is 831. The molecule has 2 amide bonds. The van der Waals surface area contributed by atoms with Crippen LogP contribution in [0.5, 0.6) is 0 Å². The zero-order valence-corrected chi connectivity index (χ0v) is 14.0. The van der Waals surface area contributed by atoms with Gasteiger partial charge in [0.25, 0.3) is 0 Å². The lowest BCUT2D eigenvalue weighted by Crippen LogP contribution is -2.61. The highest BCUT2D eigenvalue weighted by molar-refractivity contribution is 5.90. The van der Waals surface area contributed by atoms with E-state index in [-0.39, 0.29) is 17.8 Å². The van der Waals surface area contributed by atoms with E-state index in [2.05, 4.69) is 22.3 Å². The number of nitrogens with one attached hydrogen (secondary N) is 1. The molecule has 0 atom stereocenters. The number of nitrogens with zero attached hydrogens (tertiary/aromatic N) is 2. The first kappa shape index (κ1) is 16.8. The Kier molecular flexibility index (Phi) is 4.01. The molecule has 2 heterocycles. The number of anilines is 2. The molecular weight excluding hydrogens is 343 g/mol. The highest BCUT2D eigenvalue weighted by Gasteiger charge is 2.37. The van der Waals surface area contributed by atoms with Gasteiger partial charge in [0, 0.05) is 31.0 Å². The second kappa shape index (κ2) is 6.23. The number of carbonyl (C=O) groups excluding carboxylic acids is 1. The van der Waals surface area contributed by atoms with Gasteiger partial charge in [-0.15, -0.1) is 0 Å². The predicted octanol–water partition coefficient (Wildman–Crippen LogP) is 3.98. The molecule has 1 saturated heterocycles. The molecule has 2 aliphatic rings. The van der Waals surface area contributed by atoms with Gasteiger partial charge in [0.2, 0.25) is 0 Å². The minimum atomic E-state index is -4.42. The van der Waals surface area contributed by atoms with Gasteiger partial charge in [-0.05, 0) is 36.2 Å². The van der Waals surface area contributed by atoms with Crippen LogP contribution in [0.3, 0.4) is 0 Å². The number of halogens is 3. The van der Waals surface area contributed by atoms with Crippen molar-refractivity contribution in [1.29, 1.82) is 0 Å². The predicted molar refractivity (Wildman–Crippen MR) is 93.3 cm³/mol. The largest absolute Gasteiger partial charge is 0.416 e. The molecule has 1 fully saturated rings. The summed E-state index contributed by atoms with van der Waals surface area (Å²) in [5.41, 5.74) is 1.92. The summed E-state index contributed by atoms with van der Waals surface area (Å²) in [6.45, 7) is 2.07. The van der Waals surface area contributed by atoms with E-state index < -0.39 is 11.7 Å². The molecule has 0 bridgehead atoms. The molecule has 2 aromatic carbocycles. The van der Waals surface area contributed by atoms with Crippen LogP contribution in [0.4, 0.5) is 29.3 Å². The molecule has 2 aromatic rings. The smallest absolute Gasteiger partial charge is 0.364 e. The van der Waals surface area contributed by atoms with Crippen LogP contribution in [0, 0.1) is 0 Å². The monoisotopic (exact) mass is 361 g/mol. The Morgan fingerprint density at radius 1 is 1.08 bits per heavy atom. The fourth-order valence-electron chi connectivity index (χ4n) is 3.54. The summed E-state index contributed by atoms with van der Waals surface area (Å²) in [5.74, 6) is 0. The van der Waals surface area contributed by atoms with Crippen molar-refractivity contribution in [3.8, 4) is 0 Å². The van der Waals surface area contributed by atoms with Gasteiger partial charge in [0.05, 0.1) is 11.6 Å². The van der Waals surface area contributed by atoms with Crippen molar-refractivity contribution in [2.45, 2.75) is 18.6 Å². The number of alkyl halides is 3. The Hall–Kier alpha value is -2.70. The van der Waals surface area contributed by atoms with Gasteiger partial charge in [-0.25, -0.2) is 4.79 Å². The number of fused-ring (bicyclic) bond motifs is 1. The third-order valence-electron chi connectivity index (χ3n) is 4.95. The van der Waals surface area contributed by atoms with E-state index in [9.17, 15) is 18.0 Å². The van der Waals surface area contributed by atoms with Crippen LogP contribution in [0.15, 0.2) is 48.5 Å². The lowest BCUT2D eigenvalue weighted by Gasteiger charge is -2.45. The maximum Gasteiger partial charge on any atom is 0.416 e. The van der Waals surface area contributed by atoms with E-state index in [4.69, 9.17) is 0 Å². The van der Waals surface area contributed by atoms with Gasteiger partial charge < -0.3 is 15.1 Å². The van der Waals surface area contributed by atoms with Crippen LogP contribution in [-0.4, -0.2) is 36.6 Å². The lowest BCUT2D eigenvalue weighted by molar-refractivity contribution is -0.137. The topological polar surface area (TPSA) is 35.6 Å². The molecule has 0 radical (unpaired) electrons. The summed E-state index contributed by atoms with van der Waals surface area (Å²) in [6.07, 6.45) is -3.42. The number of hydrogen-bond acceptors (Lipinski definition) is 2. The molecule has 7 heteroatoms. The summed E-state index contributed by atoms with van der Waals surface area (Å²) < 4.78 is 38.3. The summed E-state index contributed by atoms with van der Waals surface area (Å²) in [6, 6.07) is 12.8. The molecule has 0 unspecified atom stereocenters. The van der Waals surface area contributed by atoms with Crippen LogP contribution in [-0.2, 0) is 12.6 Å². The van der Waals surface area contributed by atoms with Crippen LogP contribution < -0.4 is 10.2 Å². The normalized spacial score (nSPS) is 17.0. The summed E-state index contributed by atoms with van der Waals surface area (Å²) in [7, 11) is 0. The molecular formula is C19H18F3N3O. The van der Waals surface area contributed by atoms with E-state index >= 15 is 0 Å². The molecule has 26 heavy (non-hydrogen) atoms. The standard InChI is InChI=1S/C19H18F3N3O/c20-19(21,22)14-5-3-6-15(10-14)23-18(26)24-11-16(12-24)25-9-8-13-4-1-2-7-17(13)25/h1-7,10,16H,8-9,11-12H2,(H,23,26). The summed E-state index contributed by atoms with van der Waals surface area (Å²) in [5, 5.41) is 2.56. The SMILES string of the molecule is O=C(Nc1cccc(C(F)(F)F)c1)N1CC(N2CCc3ccccc32)C1. The number of benzene rings is 2. The average Bonchev–Trinajstić information content (AvgIpc) is 2.97. The molecule has 1 N–H and O–H groups in total. The van der Waals surface area contributed by atoms with Crippen LogP contribution in [0.25, 0.3) is 0 Å². The van der Waals surface area contributed by atoms with Gasteiger partial charge in [-0.2, -0.15) is 13.2 Å². The van der Waals surface area contributed by atoms with Gasteiger partial charge >= 0.3 is 12.2 Å². The zero-order valence-electron chi connectivity index (χ0n) is 14.0. The highest BCUT2D eigenvalue weighted by atomic mass is 19.4. The molecule has 2 aliphatic heterocycles. The average molecular weight is 361 g/mol. The first-order valence-electron chi connectivity index (χ1n) is 8.49. The van der Waals surface area contributed by atoms with E-state index in [1.807, 2.05) is 12.1 Å². The highest BCUT2D eigenvalue weighted by Crippen LogP contribution is 2.33. The third kappa shape index (κ3) is 3.09. The van der Waals surface area contributed by atoms with Gasteiger partial charge in [0.15, 0.2) is 0 Å². The van der Waals surface area contributed by atoms with E-state index in [1.165, 1.54) is 23.4 Å². The van der Waals surface area contributed by atoms with E-state index in [1.54, 1.807) is 4.90 Å². The maximum absolute atomic E-state index is 12.8. The number of amides is 2. The van der Waals surface area contributed by atoms with Gasteiger partial charge in [-0.1, -0.05) is 24.3 Å². The molecule has 136 valence electrons. The number of carbonyl (C=O) groups is 1. The Labute approximate surface area is 149 Å². The van der Waals surface area contributed by atoms with Crippen molar-refractivity contribution in [2.24, 2.45) is 0 Å². The number of likely N-dealkylation sites (tertiary alicyclic amines) is 1. The molecule has 0 saturated carbocycles. The fourth-order valence-corrected chi connectivity index (χ4v) is 3.54. The first-order valence-corrected chi connectivity index (χ1v) is 8.49. The Morgan fingerprint density at radius 2 is 1.85 bits per heavy atom. The van der Waals surface area contributed by atoms with Crippen molar-refractivity contribution in [3.05, 3.63) is 59.7 Å². The summed E-state index contributed by atoms with van der Waals surface area (Å²) in [4.78, 5) is 16.2. The molecule has 4 nitrogen and oxygen atoms in total. The van der Waals surface area contributed by atoms with E-state index in [0.29, 0.717) is 13.1 Å². The van der Waals surface area contributed by atoms with Gasteiger partial charge in [0.1, 0.15) is 0 Å². The minimum absolute atomic E-state index is 0.153. The second-order valence-corrected chi connectivity index (χ2v) is 6.64. The molecule has 0 aliphatic carbocycles. The van der Waals surface area contributed by atoms with Crippen LogP contribution in [0.1, 0.15) is 11.1 Å². The summed E-state index contributed by atoms with van der Waals surface area (Å²) >= 11 is 0. The van der Waals surface area contributed by atoms with Crippen molar-refractivity contribution >= 4 is 17.4 Å². The molecule has 0 spiro atoms. The van der Waals surface area contributed by atoms with Crippen molar-refractivity contribution in [2.75, 3.05) is 29.9 Å². The molecule has 0 aromatic heterocycles. The van der Waals surface area contributed by atoms with Crippen molar-refractivity contribution in [1.82, 2.24) is 4.90 Å². The fraction of sp³-hybridized carbons (Fsp3) is 0.316.